The highest BCUT2D eigenvalue weighted by Crippen LogP contribution is 2.51. The second-order valence-corrected chi connectivity index (χ2v) is 39.3. The topological polar surface area (TPSA) is 144 Å². The maximum atomic E-state index is 13.1. The second-order valence-electron chi connectivity index (χ2n) is 35.3. The van der Waals surface area contributed by atoms with Gasteiger partial charge in [-0.15, -0.1) is 0 Å². The Morgan fingerprint density at radius 1 is 0.254 bits per heavy atom. The molecule has 0 aliphatic carbocycles. The molecule has 0 bridgehead atoms. The van der Waals surface area contributed by atoms with Crippen LogP contribution in [0.1, 0.15) is 529 Å². The van der Waals surface area contributed by atoms with E-state index in [1.54, 1.807) is 0 Å². The molecule has 114 heavy (non-hydrogen) atoms. The summed E-state index contributed by atoms with van der Waals surface area (Å²) < 4.78 is 62.4. The van der Waals surface area contributed by atoms with Crippen molar-refractivity contribution in [3.8, 4) is 5.75 Å². The molecule has 12 nitrogen and oxygen atoms in total. The summed E-state index contributed by atoms with van der Waals surface area (Å²) >= 11 is 0. The van der Waals surface area contributed by atoms with Gasteiger partial charge in [-0.25, -0.2) is 0 Å². The van der Waals surface area contributed by atoms with Gasteiger partial charge in [-0.2, -0.15) is 0 Å². The summed E-state index contributed by atoms with van der Waals surface area (Å²) in [5, 5.41) is 0. The highest BCUT2D eigenvalue weighted by Gasteiger charge is 2.40. The number of hydrogen-bond donors (Lipinski definition) is 3. The average Bonchev–Trinajstić information content (AvgIpc) is 0.813. The van der Waals surface area contributed by atoms with E-state index in [2.05, 4.69) is 81.4 Å². The van der Waals surface area contributed by atoms with Crippen LogP contribution in [0.15, 0.2) is 12.1 Å². The predicted octanol–water partition coefficient (Wildman–Crippen LogP) is 35.2. The van der Waals surface area contributed by atoms with E-state index in [1.165, 1.54) is 331 Å². The first kappa shape index (κ1) is 112. The minimum Gasteiger partial charge on any atom is -0.427 e. The molecule has 0 spiro atoms. The van der Waals surface area contributed by atoms with Gasteiger partial charge in [0, 0.05) is 6.42 Å². The van der Waals surface area contributed by atoms with Crippen molar-refractivity contribution in [3.05, 3.63) is 28.8 Å². The Labute approximate surface area is 714 Å². The van der Waals surface area contributed by atoms with E-state index in [1.807, 2.05) is 0 Å². The zero-order valence-electron chi connectivity index (χ0n) is 77.3. The molecule has 1 aromatic rings. The van der Waals surface area contributed by atoms with Crippen molar-refractivity contribution in [2.45, 2.75) is 550 Å². The van der Waals surface area contributed by atoms with Gasteiger partial charge < -0.3 is 50.9 Å². The predicted molar refractivity (Wildman–Crippen MR) is 499 cm³/mol. The lowest BCUT2D eigenvalue weighted by Gasteiger charge is -2.36. The molecule has 4 atom stereocenters. The number of unbranched alkanes of at least 4 members (excludes halogenated alkanes) is 57. The minimum atomic E-state index is -2.68. The first-order valence-corrected chi connectivity index (χ1v) is 54.7. The van der Waals surface area contributed by atoms with Crippen LogP contribution in [0.2, 0.25) is 0 Å². The molecule has 3 N–H and O–H groups in total. The van der Waals surface area contributed by atoms with Crippen molar-refractivity contribution in [1.82, 2.24) is 0 Å². The van der Waals surface area contributed by atoms with Gasteiger partial charge in [0.05, 0.1) is 45.2 Å². The number of aryl methyl sites for hydroxylation is 1. The van der Waals surface area contributed by atoms with Gasteiger partial charge >= 0.3 is 34.4 Å². The summed E-state index contributed by atoms with van der Waals surface area (Å²) in [6, 6.07) is 4.48. The van der Waals surface area contributed by atoms with Crippen LogP contribution in [0, 0.1) is 11.8 Å². The zero-order chi connectivity index (χ0) is 82.7. The number of rotatable bonds is 95. The summed E-state index contributed by atoms with van der Waals surface area (Å²) in [4.78, 5) is 34.0. The fourth-order valence-corrected chi connectivity index (χ4v) is 19.4. The van der Waals surface area contributed by atoms with Crippen LogP contribution in [0.5, 0.6) is 5.75 Å². The monoisotopic (exact) mass is 1690 g/mol. The van der Waals surface area contributed by atoms with Crippen LogP contribution in [0.25, 0.3) is 0 Å². The molecule has 678 valence electrons. The van der Waals surface area contributed by atoms with Crippen LogP contribution in [-0.4, -0.2) is 66.0 Å². The summed E-state index contributed by atoms with van der Waals surface area (Å²) in [5.41, 5.74) is 4.10. The quantitative estimate of drug-likeness (QED) is 0.0422. The molecule has 0 aliphatic rings. The van der Waals surface area contributed by atoms with Crippen LogP contribution in [-0.2, 0) is 55.5 Å². The summed E-state index contributed by atoms with van der Waals surface area (Å²) in [6.45, 7) is 24.9. The maximum absolute atomic E-state index is 13.1. The third kappa shape index (κ3) is 72.7. The van der Waals surface area contributed by atoms with Gasteiger partial charge in [0.2, 0.25) is 0 Å². The van der Waals surface area contributed by atoms with E-state index in [0.717, 1.165) is 135 Å². The molecule has 16 heteroatoms. The van der Waals surface area contributed by atoms with Crippen molar-refractivity contribution in [2.24, 2.45) is 11.8 Å². The lowest BCUT2D eigenvalue weighted by molar-refractivity contribution is -0.0511. The normalized spacial score (nSPS) is 13.2. The van der Waals surface area contributed by atoms with Crippen molar-refractivity contribution in [1.29, 1.82) is 0 Å². The molecular weight excluding hydrogens is 1490 g/mol. The molecule has 0 heterocycles. The molecule has 4 unspecified atom stereocenters. The van der Waals surface area contributed by atoms with E-state index >= 15 is 0 Å². The van der Waals surface area contributed by atoms with E-state index in [-0.39, 0.29) is 13.0 Å². The number of hydrogen-bond acceptors (Lipinski definition) is 12. The molecule has 0 fully saturated rings. The third-order valence-corrected chi connectivity index (χ3v) is 26.9. The van der Waals surface area contributed by atoms with Gasteiger partial charge in [-0.3, -0.25) is 4.52 Å². The van der Waals surface area contributed by atoms with Crippen LogP contribution in [0.3, 0.4) is 0 Å². The molecule has 0 radical (unpaired) electrons. The minimum absolute atomic E-state index is 0.0458. The molecular formula is C98H194O12P4. The van der Waals surface area contributed by atoms with Gasteiger partial charge in [0.25, 0.3) is 0 Å². The van der Waals surface area contributed by atoms with Crippen molar-refractivity contribution in [3.63, 3.8) is 0 Å². The standard InChI is InChI=1S/C98H194O12P4/c1-11-17-23-29-35-37-39-41-43-45-47-49-51-56-62-72-85-103-113(104-86-73-63-57-52-50-48-46-44-42-40-38-36-30-24-18-12-2)108-96(81-71-61-34-28-22-16-6)98(97(84-89-102-111(99)100)109-114(105-87-74-64-66-76-90(7)8)106-88-75-65-67-77-91(9)10)110-112(101)107-95-83-82-92(78-68-58-53-31-25-19-13-3)93(79-69-59-54-32-26-20-14-4)94(95)80-70-60-55-33-27-21-15-5/h82-83,90-91,96-101H,11-81,84-89H2,1-10H3. The van der Waals surface area contributed by atoms with Gasteiger partial charge in [-0.05, 0) is 105 Å². The highest BCUT2D eigenvalue weighted by atomic mass is 31.2. The maximum Gasteiger partial charge on any atom is 0.394 e. The molecule has 0 saturated heterocycles. The third-order valence-electron chi connectivity index (χ3n) is 23.2. The zero-order valence-corrected chi connectivity index (χ0v) is 80.9. The Bertz CT molecular complexity index is 2010. The second kappa shape index (κ2) is 88.2. The number of benzene rings is 1. The molecule has 0 saturated carbocycles. The largest absolute Gasteiger partial charge is 0.427 e. The molecule has 0 aromatic heterocycles. The summed E-state index contributed by atoms with van der Waals surface area (Å²) in [6.07, 6.45) is 84.0. The average molecular weight is 1690 g/mol. The van der Waals surface area contributed by atoms with E-state index in [9.17, 15) is 14.7 Å². The first-order valence-electron chi connectivity index (χ1n) is 50.2. The van der Waals surface area contributed by atoms with E-state index in [0.29, 0.717) is 50.4 Å². The van der Waals surface area contributed by atoms with E-state index in [4.69, 9.17) is 40.7 Å². The van der Waals surface area contributed by atoms with Gasteiger partial charge in [0.15, 0.2) is 0 Å². The van der Waals surface area contributed by atoms with Crippen molar-refractivity contribution >= 4 is 34.4 Å². The lowest BCUT2D eigenvalue weighted by atomic mass is 9.89. The smallest absolute Gasteiger partial charge is 0.394 e. The van der Waals surface area contributed by atoms with Gasteiger partial charge in [-0.1, -0.05) is 461 Å². The Morgan fingerprint density at radius 2 is 0.518 bits per heavy atom. The summed E-state index contributed by atoms with van der Waals surface area (Å²) in [7, 11) is -9.17. The SMILES string of the molecule is CCCCCCCCCCCCCCCCCCOP(OCCCCCCCCCCCCCCCCCC)OC(CCCCCCCC)C(OP(O)Oc1ccc(CCCCCCCCC)c(CCCCCCCCC)c1CCCCCCCCC)C(CCOP(O)O)OP(OCCCCCC(C)C)OCCCCCC(C)C. The van der Waals surface area contributed by atoms with Crippen LogP contribution >= 0.6 is 34.4 Å². The van der Waals surface area contributed by atoms with Crippen molar-refractivity contribution < 1.29 is 55.4 Å². The van der Waals surface area contributed by atoms with Gasteiger partial charge in [0.1, 0.15) is 11.9 Å². The van der Waals surface area contributed by atoms with E-state index < -0.39 is 52.7 Å². The Balaban J connectivity index is 4.11. The molecule has 1 rings (SSSR count). The Morgan fingerprint density at radius 3 is 0.833 bits per heavy atom. The summed E-state index contributed by atoms with van der Waals surface area (Å²) in [5.74, 6) is 1.99. The Kier molecular flexibility index (Phi) is 86.9. The Hall–Kier alpha value is 0.300. The lowest BCUT2D eigenvalue weighted by Crippen LogP contribution is -2.42. The van der Waals surface area contributed by atoms with Crippen LogP contribution < -0.4 is 4.52 Å². The van der Waals surface area contributed by atoms with Crippen LogP contribution in [0.4, 0.5) is 0 Å². The van der Waals surface area contributed by atoms with Crippen molar-refractivity contribution in [2.75, 3.05) is 33.0 Å². The first-order chi connectivity index (χ1) is 55.9. The molecule has 0 aliphatic heterocycles. The molecule has 0 amide bonds. The highest BCUT2D eigenvalue weighted by molar-refractivity contribution is 7.42. The fourth-order valence-electron chi connectivity index (χ4n) is 15.9. The molecule has 1 aromatic carbocycles. The fraction of sp³-hybridized carbons (Fsp3) is 0.939.